The van der Waals surface area contributed by atoms with Crippen molar-refractivity contribution in [2.75, 3.05) is 19.6 Å². The first kappa shape index (κ1) is 16.2. The fourth-order valence-corrected chi connectivity index (χ4v) is 2.97. The van der Waals surface area contributed by atoms with Gasteiger partial charge < -0.3 is 14.8 Å². The molecule has 0 aliphatic carbocycles. The van der Waals surface area contributed by atoms with Gasteiger partial charge in [0.1, 0.15) is 5.82 Å². The standard InChI is InChI=1S/C18H22N4O2/c1-14-12-20-18(15-6-3-2-4-7-15)22(14)11-9-19-16(23)13-21-10-5-8-17(21)24/h2-4,6-7,12H,5,8-11,13H2,1H3,(H,19,23). The second-order valence-corrected chi connectivity index (χ2v) is 6.01. The highest BCUT2D eigenvalue weighted by molar-refractivity contribution is 5.85. The summed E-state index contributed by atoms with van der Waals surface area (Å²) in [5, 5.41) is 2.89. The Morgan fingerprint density at radius 2 is 2.08 bits per heavy atom. The van der Waals surface area contributed by atoms with Crippen molar-refractivity contribution in [1.29, 1.82) is 0 Å². The minimum atomic E-state index is -0.107. The molecule has 2 heterocycles. The van der Waals surface area contributed by atoms with Crippen molar-refractivity contribution in [3.05, 3.63) is 42.2 Å². The lowest BCUT2D eigenvalue weighted by Gasteiger charge is -2.16. The molecule has 1 aromatic carbocycles. The van der Waals surface area contributed by atoms with Crippen LogP contribution >= 0.6 is 0 Å². The van der Waals surface area contributed by atoms with Gasteiger partial charge in [0.25, 0.3) is 0 Å². The van der Waals surface area contributed by atoms with E-state index in [0.717, 1.165) is 23.5 Å². The number of carbonyl (C=O) groups excluding carboxylic acids is 2. The molecule has 24 heavy (non-hydrogen) atoms. The van der Waals surface area contributed by atoms with Crippen molar-refractivity contribution in [2.24, 2.45) is 0 Å². The number of benzene rings is 1. The SMILES string of the molecule is Cc1cnc(-c2ccccc2)n1CCNC(=O)CN1CCCC1=O. The topological polar surface area (TPSA) is 67.2 Å². The van der Waals surface area contributed by atoms with E-state index in [1.165, 1.54) is 0 Å². The molecule has 1 aliphatic rings. The number of hydrogen-bond donors (Lipinski definition) is 1. The van der Waals surface area contributed by atoms with Crippen LogP contribution in [-0.2, 0) is 16.1 Å². The van der Waals surface area contributed by atoms with Crippen molar-refractivity contribution < 1.29 is 9.59 Å². The van der Waals surface area contributed by atoms with Crippen molar-refractivity contribution in [3.63, 3.8) is 0 Å². The van der Waals surface area contributed by atoms with Gasteiger partial charge in [0.15, 0.2) is 0 Å². The number of likely N-dealkylation sites (tertiary alicyclic amines) is 1. The molecule has 1 fully saturated rings. The Hall–Kier alpha value is -2.63. The van der Waals surface area contributed by atoms with E-state index in [9.17, 15) is 9.59 Å². The Labute approximate surface area is 141 Å². The van der Waals surface area contributed by atoms with Crippen molar-refractivity contribution in [1.82, 2.24) is 19.8 Å². The Morgan fingerprint density at radius 1 is 1.29 bits per heavy atom. The molecule has 0 bridgehead atoms. The summed E-state index contributed by atoms with van der Waals surface area (Å²) in [6.45, 7) is 4.01. The zero-order valence-corrected chi connectivity index (χ0v) is 13.9. The fourth-order valence-electron chi connectivity index (χ4n) is 2.97. The molecular formula is C18H22N4O2. The third kappa shape index (κ3) is 3.64. The quantitative estimate of drug-likeness (QED) is 0.877. The van der Waals surface area contributed by atoms with Crippen LogP contribution < -0.4 is 5.32 Å². The molecule has 1 aliphatic heterocycles. The molecule has 1 aromatic heterocycles. The van der Waals surface area contributed by atoms with E-state index in [4.69, 9.17) is 0 Å². The number of nitrogens with zero attached hydrogens (tertiary/aromatic N) is 3. The third-order valence-corrected chi connectivity index (χ3v) is 4.25. The number of aromatic nitrogens is 2. The van der Waals surface area contributed by atoms with E-state index in [1.807, 2.05) is 43.5 Å². The van der Waals surface area contributed by atoms with Crippen molar-refractivity contribution >= 4 is 11.8 Å². The molecule has 6 heteroatoms. The van der Waals surface area contributed by atoms with Gasteiger partial charge in [-0.05, 0) is 13.3 Å². The summed E-state index contributed by atoms with van der Waals surface area (Å²) in [5.74, 6) is 0.864. The predicted molar refractivity (Wildman–Crippen MR) is 91.2 cm³/mol. The predicted octanol–water partition coefficient (Wildman–Crippen LogP) is 1.60. The summed E-state index contributed by atoms with van der Waals surface area (Å²) in [6.07, 6.45) is 3.25. The summed E-state index contributed by atoms with van der Waals surface area (Å²) >= 11 is 0. The molecule has 0 radical (unpaired) electrons. The lowest BCUT2D eigenvalue weighted by Crippen LogP contribution is -2.39. The van der Waals surface area contributed by atoms with Crippen LogP contribution in [-0.4, -0.2) is 45.9 Å². The van der Waals surface area contributed by atoms with E-state index in [0.29, 0.717) is 26.1 Å². The highest BCUT2D eigenvalue weighted by Gasteiger charge is 2.22. The number of hydrogen-bond acceptors (Lipinski definition) is 3. The molecule has 2 amide bonds. The van der Waals surface area contributed by atoms with Gasteiger partial charge in [0.05, 0.1) is 6.54 Å². The number of aryl methyl sites for hydroxylation is 1. The summed E-state index contributed by atoms with van der Waals surface area (Å²) < 4.78 is 2.09. The lowest BCUT2D eigenvalue weighted by molar-refractivity contribution is -0.133. The maximum Gasteiger partial charge on any atom is 0.239 e. The summed E-state index contributed by atoms with van der Waals surface area (Å²) in [5.41, 5.74) is 2.11. The maximum absolute atomic E-state index is 12.0. The molecule has 0 unspecified atom stereocenters. The Bertz CT molecular complexity index is 724. The highest BCUT2D eigenvalue weighted by atomic mass is 16.2. The number of imidazole rings is 1. The van der Waals surface area contributed by atoms with Crippen LogP contribution in [0.3, 0.4) is 0 Å². The van der Waals surface area contributed by atoms with Gasteiger partial charge in [-0.1, -0.05) is 30.3 Å². The molecular weight excluding hydrogens is 304 g/mol. The highest BCUT2D eigenvalue weighted by Crippen LogP contribution is 2.18. The van der Waals surface area contributed by atoms with E-state index in [2.05, 4.69) is 14.9 Å². The zero-order chi connectivity index (χ0) is 16.9. The van der Waals surface area contributed by atoms with E-state index in [1.54, 1.807) is 4.90 Å². The number of nitrogens with one attached hydrogen (secondary N) is 1. The largest absolute Gasteiger partial charge is 0.353 e. The fraction of sp³-hybridized carbons (Fsp3) is 0.389. The van der Waals surface area contributed by atoms with E-state index in [-0.39, 0.29) is 18.4 Å². The van der Waals surface area contributed by atoms with Crippen LogP contribution in [0.25, 0.3) is 11.4 Å². The molecule has 3 rings (SSSR count). The molecule has 6 nitrogen and oxygen atoms in total. The van der Waals surface area contributed by atoms with Crippen LogP contribution in [0.2, 0.25) is 0 Å². The first-order valence-corrected chi connectivity index (χ1v) is 8.27. The molecule has 1 N–H and O–H groups in total. The molecule has 2 aromatic rings. The lowest BCUT2D eigenvalue weighted by atomic mass is 10.2. The normalized spacial score (nSPS) is 14.2. The third-order valence-electron chi connectivity index (χ3n) is 4.25. The first-order chi connectivity index (χ1) is 11.6. The zero-order valence-electron chi connectivity index (χ0n) is 13.9. The number of carbonyl (C=O) groups is 2. The number of amides is 2. The van der Waals surface area contributed by atoms with Crippen molar-refractivity contribution in [3.8, 4) is 11.4 Å². The Kier molecular flexibility index (Phi) is 4.93. The minimum Gasteiger partial charge on any atom is -0.353 e. The van der Waals surface area contributed by atoms with Gasteiger partial charge in [0.2, 0.25) is 11.8 Å². The van der Waals surface area contributed by atoms with E-state index >= 15 is 0 Å². The van der Waals surface area contributed by atoms with Gasteiger partial charge in [0, 0.05) is 43.5 Å². The molecule has 0 spiro atoms. The molecule has 0 saturated carbocycles. The van der Waals surface area contributed by atoms with Crippen LogP contribution in [0.5, 0.6) is 0 Å². The summed E-state index contributed by atoms with van der Waals surface area (Å²) in [7, 11) is 0. The average Bonchev–Trinajstić information content (AvgIpc) is 3.15. The van der Waals surface area contributed by atoms with Crippen LogP contribution in [0, 0.1) is 6.92 Å². The Morgan fingerprint density at radius 3 is 2.79 bits per heavy atom. The van der Waals surface area contributed by atoms with Crippen LogP contribution in [0.15, 0.2) is 36.5 Å². The van der Waals surface area contributed by atoms with Crippen LogP contribution in [0.4, 0.5) is 0 Å². The van der Waals surface area contributed by atoms with E-state index < -0.39 is 0 Å². The van der Waals surface area contributed by atoms with Gasteiger partial charge >= 0.3 is 0 Å². The van der Waals surface area contributed by atoms with Gasteiger partial charge in [-0.3, -0.25) is 9.59 Å². The summed E-state index contributed by atoms with van der Waals surface area (Å²) in [4.78, 5) is 29.6. The average molecular weight is 326 g/mol. The van der Waals surface area contributed by atoms with Gasteiger partial charge in [-0.15, -0.1) is 0 Å². The van der Waals surface area contributed by atoms with Gasteiger partial charge in [-0.25, -0.2) is 4.98 Å². The van der Waals surface area contributed by atoms with Crippen molar-refractivity contribution in [2.45, 2.75) is 26.3 Å². The van der Waals surface area contributed by atoms with Crippen LogP contribution in [0.1, 0.15) is 18.5 Å². The molecule has 1 saturated heterocycles. The maximum atomic E-state index is 12.0. The Balaban J connectivity index is 1.56. The smallest absolute Gasteiger partial charge is 0.239 e. The molecule has 0 atom stereocenters. The minimum absolute atomic E-state index is 0.0713. The first-order valence-electron chi connectivity index (χ1n) is 8.27. The second kappa shape index (κ2) is 7.29. The number of rotatable bonds is 6. The second-order valence-electron chi connectivity index (χ2n) is 6.01. The monoisotopic (exact) mass is 326 g/mol. The summed E-state index contributed by atoms with van der Waals surface area (Å²) in [6, 6.07) is 9.99. The van der Waals surface area contributed by atoms with Gasteiger partial charge in [-0.2, -0.15) is 0 Å². The molecule has 126 valence electrons.